The van der Waals surface area contributed by atoms with Crippen LogP contribution in [0.25, 0.3) is 10.4 Å². The summed E-state index contributed by atoms with van der Waals surface area (Å²) in [5.41, 5.74) is 4.09. The first kappa shape index (κ1) is 24.0. The van der Waals surface area contributed by atoms with Crippen LogP contribution >= 0.6 is 23.1 Å². The van der Waals surface area contributed by atoms with Gasteiger partial charge in [0, 0.05) is 34.3 Å². The van der Waals surface area contributed by atoms with E-state index < -0.39 is 23.3 Å². The molecule has 6 rings (SSSR count). The van der Waals surface area contributed by atoms with E-state index in [1.54, 1.807) is 16.2 Å². The van der Waals surface area contributed by atoms with Crippen molar-refractivity contribution in [2.45, 2.75) is 22.9 Å². The zero-order valence-electron chi connectivity index (χ0n) is 19.8. The monoisotopic (exact) mass is 531 g/mol. The van der Waals surface area contributed by atoms with E-state index in [2.05, 4.69) is 58.1 Å². The number of hydrogen-bond donors (Lipinski definition) is 3. The second-order valence-electron chi connectivity index (χ2n) is 8.93. The first-order valence-electron chi connectivity index (χ1n) is 12.0. The van der Waals surface area contributed by atoms with Crippen molar-refractivity contribution in [2.75, 3.05) is 19.8 Å². The minimum absolute atomic E-state index is 0.113. The molecular weight excluding hydrogens is 506 g/mol. The van der Waals surface area contributed by atoms with Crippen LogP contribution in [0.4, 0.5) is 0 Å². The maximum atomic E-state index is 13.5. The summed E-state index contributed by atoms with van der Waals surface area (Å²) >= 11 is 3.54. The third-order valence-corrected chi connectivity index (χ3v) is 8.83. The SMILES string of the molecule is O=C(c1[nH]ccc(=O)c1O)N1CCOC[C@@H]1N[C@H]1c2ccccc2SCc2c(-c3cccs3)cccc21. The number of morpholine rings is 1. The van der Waals surface area contributed by atoms with E-state index in [0.717, 1.165) is 16.9 Å². The summed E-state index contributed by atoms with van der Waals surface area (Å²) in [5, 5.41) is 16.1. The van der Waals surface area contributed by atoms with Gasteiger partial charge in [0.05, 0.1) is 19.3 Å². The highest BCUT2D eigenvalue weighted by Gasteiger charge is 2.34. The Labute approximate surface area is 222 Å². The number of aromatic hydroxyl groups is 1. The highest BCUT2D eigenvalue weighted by atomic mass is 32.2. The zero-order chi connectivity index (χ0) is 25.4. The molecule has 0 bridgehead atoms. The Morgan fingerprint density at radius 1 is 1.08 bits per heavy atom. The second kappa shape index (κ2) is 10.2. The summed E-state index contributed by atoms with van der Waals surface area (Å²) in [6, 6.07) is 20.0. The maximum absolute atomic E-state index is 13.5. The molecule has 2 aliphatic rings. The van der Waals surface area contributed by atoms with Crippen LogP contribution < -0.4 is 10.7 Å². The summed E-state index contributed by atoms with van der Waals surface area (Å²) in [4.78, 5) is 32.3. The van der Waals surface area contributed by atoms with Crippen LogP contribution in [0.15, 0.2) is 81.9 Å². The Morgan fingerprint density at radius 3 is 2.81 bits per heavy atom. The number of nitrogens with zero attached hydrogens (tertiary/aromatic N) is 1. The topological polar surface area (TPSA) is 94.7 Å². The summed E-state index contributed by atoms with van der Waals surface area (Å²) < 4.78 is 5.79. The lowest BCUT2D eigenvalue weighted by atomic mass is 9.91. The van der Waals surface area contributed by atoms with E-state index in [0.29, 0.717) is 13.2 Å². The summed E-state index contributed by atoms with van der Waals surface area (Å²) in [6.45, 7) is 0.991. The summed E-state index contributed by atoms with van der Waals surface area (Å²) in [7, 11) is 0. The average molecular weight is 532 g/mol. The predicted octanol–water partition coefficient (Wildman–Crippen LogP) is 4.59. The fraction of sp³-hybridized carbons (Fsp3) is 0.214. The van der Waals surface area contributed by atoms with E-state index in [1.165, 1.54) is 33.2 Å². The maximum Gasteiger partial charge on any atom is 0.275 e. The van der Waals surface area contributed by atoms with E-state index >= 15 is 0 Å². The number of pyridine rings is 1. The van der Waals surface area contributed by atoms with Crippen molar-refractivity contribution in [1.29, 1.82) is 0 Å². The average Bonchev–Trinajstić information content (AvgIpc) is 3.42. The van der Waals surface area contributed by atoms with Gasteiger partial charge in [-0.1, -0.05) is 42.5 Å². The second-order valence-corrected chi connectivity index (χ2v) is 10.9. The molecule has 2 aliphatic heterocycles. The van der Waals surface area contributed by atoms with Crippen LogP contribution in [0.3, 0.4) is 0 Å². The lowest BCUT2D eigenvalue weighted by molar-refractivity contribution is -0.0151. The van der Waals surface area contributed by atoms with Gasteiger partial charge in [-0.3, -0.25) is 14.9 Å². The molecule has 1 saturated heterocycles. The molecule has 4 heterocycles. The number of rotatable bonds is 4. The Morgan fingerprint density at radius 2 is 1.95 bits per heavy atom. The number of thioether (sulfide) groups is 1. The van der Waals surface area contributed by atoms with Gasteiger partial charge in [-0.15, -0.1) is 23.1 Å². The molecule has 2 atom stereocenters. The van der Waals surface area contributed by atoms with Gasteiger partial charge in [0.2, 0.25) is 5.43 Å². The predicted molar refractivity (Wildman–Crippen MR) is 145 cm³/mol. The van der Waals surface area contributed by atoms with Crippen molar-refractivity contribution in [3.8, 4) is 16.2 Å². The van der Waals surface area contributed by atoms with Crippen LogP contribution in [-0.2, 0) is 10.5 Å². The molecule has 4 aromatic rings. The van der Waals surface area contributed by atoms with Crippen molar-refractivity contribution < 1.29 is 14.6 Å². The molecule has 0 aliphatic carbocycles. The molecular formula is C28H25N3O4S2. The van der Waals surface area contributed by atoms with Gasteiger partial charge in [-0.25, -0.2) is 0 Å². The van der Waals surface area contributed by atoms with E-state index in [9.17, 15) is 14.7 Å². The number of carbonyl (C=O) groups excluding carboxylic acids is 1. The van der Waals surface area contributed by atoms with Gasteiger partial charge in [-0.2, -0.15) is 0 Å². The fourth-order valence-corrected chi connectivity index (χ4v) is 6.93. The van der Waals surface area contributed by atoms with Gasteiger partial charge < -0.3 is 19.7 Å². The number of H-pyrrole nitrogens is 1. The third-order valence-electron chi connectivity index (χ3n) is 6.81. The third kappa shape index (κ3) is 4.48. The molecule has 2 aromatic heterocycles. The molecule has 0 radical (unpaired) electrons. The number of aromatic nitrogens is 1. The number of aromatic amines is 1. The van der Waals surface area contributed by atoms with E-state index in [1.807, 2.05) is 23.9 Å². The van der Waals surface area contributed by atoms with Crippen molar-refractivity contribution >= 4 is 29.0 Å². The molecule has 7 nitrogen and oxygen atoms in total. The summed E-state index contributed by atoms with van der Waals surface area (Å²) in [6.07, 6.45) is 0.906. The minimum Gasteiger partial charge on any atom is -0.503 e. The Balaban J connectivity index is 1.41. The number of carbonyl (C=O) groups is 1. The quantitative estimate of drug-likeness (QED) is 0.357. The standard InChI is InChI=1S/C28H25N3O4S2/c32-21-10-11-29-26(27(21)33)28(34)31-12-13-35-15-24(31)30-25-18-7-3-6-17(22-9-4-14-36-22)20(18)16-37-23-8-2-1-5-19(23)25/h1-11,14,24-25,30,33H,12-13,15-16H2,(H,29,32)/t24-,25-/m1/s1. The van der Waals surface area contributed by atoms with Gasteiger partial charge in [0.15, 0.2) is 11.4 Å². The molecule has 188 valence electrons. The van der Waals surface area contributed by atoms with Crippen LogP contribution in [0.5, 0.6) is 5.75 Å². The molecule has 0 spiro atoms. The van der Waals surface area contributed by atoms with Gasteiger partial charge >= 0.3 is 0 Å². The molecule has 1 fully saturated rings. The molecule has 3 N–H and O–H groups in total. The van der Waals surface area contributed by atoms with Crippen LogP contribution in [0.2, 0.25) is 0 Å². The number of amides is 1. The van der Waals surface area contributed by atoms with Crippen LogP contribution in [0, 0.1) is 0 Å². The van der Waals surface area contributed by atoms with Gasteiger partial charge in [0.25, 0.3) is 5.91 Å². The lowest BCUT2D eigenvalue weighted by Gasteiger charge is -2.38. The lowest BCUT2D eigenvalue weighted by Crippen LogP contribution is -2.56. The number of ether oxygens (including phenoxy) is 1. The Kier molecular flexibility index (Phi) is 6.60. The molecule has 37 heavy (non-hydrogen) atoms. The normalized spacial score (nSPS) is 19.1. The first-order chi connectivity index (χ1) is 18.1. The van der Waals surface area contributed by atoms with E-state index in [4.69, 9.17) is 4.74 Å². The van der Waals surface area contributed by atoms with Crippen molar-refractivity contribution in [2.24, 2.45) is 0 Å². The molecule has 0 unspecified atom stereocenters. The molecule has 2 aromatic carbocycles. The first-order valence-corrected chi connectivity index (χ1v) is 13.9. The van der Waals surface area contributed by atoms with Gasteiger partial charge in [-0.05, 0) is 39.8 Å². The number of fused-ring (bicyclic) bond motifs is 2. The molecule has 1 amide bonds. The van der Waals surface area contributed by atoms with Crippen molar-refractivity contribution in [3.63, 3.8) is 0 Å². The number of benzene rings is 2. The zero-order valence-corrected chi connectivity index (χ0v) is 21.5. The molecule has 0 saturated carbocycles. The highest BCUT2D eigenvalue weighted by molar-refractivity contribution is 7.98. The number of nitrogens with one attached hydrogen (secondary N) is 2. The largest absolute Gasteiger partial charge is 0.503 e. The molecule has 9 heteroatoms. The fourth-order valence-electron chi connectivity index (χ4n) is 5.00. The Bertz CT molecular complexity index is 1500. The van der Waals surface area contributed by atoms with E-state index in [-0.39, 0.29) is 18.3 Å². The highest BCUT2D eigenvalue weighted by Crippen LogP contribution is 2.43. The Hall–Kier alpha value is -3.37. The number of hydrogen-bond acceptors (Lipinski definition) is 7. The minimum atomic E-state index is -0.593. The summed E-state index contributed by atoms with van der Waals surface area (Å²) in [5.74, 6) is -0.179. The van der Waals surface area contributed by atoms with Crippen LogP contribution in [-0.4, -0.2) is 46.8 Å². The number of thiophene rings is 1. The van der Waals surface area contributed by atoms with Crippen molar-refractivity contribution in [3.05, 3.63) is 105 Å². The van der Waals surface area contributed by atoms with Gasteiger partial charge in [0.1, 0.15) is 6.17 Å². The smallest absolute Gasteiger partial charge is 0.275 e. The van der Waals surface area contributed by atoms with Crippen molar-refractivity contribution in [1.82, 2.24) is 15.2 Å². The van der Waals surface area contributed by atoms with Crippen LogP contribution in [0.1, 0.15) is 33.2 Å².